The van der Waals surface area contributed by atoms with Crippen LogP contribution >= 0.6 is 11.6 Å². The number of nitrogens with one attached hydrogen (secondary N) is 1. The molecule has 0 aliphatic heterocycles. The van der Waals surface area contributed by atoms with Gasteiger partial charge in [0.1, 0.15) is 12.4 Å². The highest BCUT2D eigenvalue weighted by atomic mass is 35.5. The van der Waals surface area contributed by atoms with Crippen LogP contribution in [0.2, 0.25) is 5.02 Å². The molecule has 0 aliphatic rings. The van der Waals surface area contributed by atoms with Crippen molar-refractivity contribution >= 4 is 11.6 Å². The van der Waals surface area contributed by atoms with Crippen LogP contribution in [-0.2, 0) is 13.2 Å². The van der Waals surface area contributed by atoms with E-state index in [9.17, 15) is 0 Å². The molecule has 2 aromatic carbocycles. The van der Waals surface area contributed by atoms with Gasteiger partial charge in [-0.05, 0) is 80.8 Å². The molecule has 0 radical (unpaired) electrons. The molecule has 3 nitrogen and oxygen atoms in total. The molecule has 0 bridgehead atoms. The molecule has 0 spiro atoms. The monoisotopic (exact) mass is 416 g/mol. The van der Waals surface area contributed by atoms with Crippen molar-refractivity contribution in [3.05, 3.63) is 64.7 Å². The molecule has 0 heterocycles. The highest BCUT2D eigenvalue weighted by Gasteiger charge is 2.03. The molecule has 4 heteroatoms. The van der Waals surface area contributed by atoms with Crippen LogP contribution in [0.5, 0.6) is 5.75 Å². The van der Waals surface area contributed by atoms with Crippen LogP contribution in [0.1, 0.15) is 57.1 Å². The van der Waals surface area contributed by atoms with Gasteiger partial charge in [0.15, 0.2) is 0 Å². The van der Waals surface area contributed by atoms with Gasteiger partial charge in [0.05, 0.1) is 0 Å². The van der Waals surface area contributed by atoms with E-state index in [1.165, 1.54) is 57.3 Å². The number of rotatable bonds is 15. The average molecular weight is 417 g/mol. The average Bonchev–Trinajstić information content (AvgIpc) is 2.75. The SMILES string of the molecule is CCCCN(CCCC)CCCNCc1ccc(OCc2ccc(Cl)cc2)cc1. The van der Waals surface area contributed by atoms with E-state index in [4.69, 9.17) is 16.3 Å². The van der Waals surface area contributed by atoms with Gasteiger partial charge in [0, 0.05) is 11.6 Å². The summed E-state index contributed by atoms with van der Waals surface area (Å²) < 4.78 is 5.85. The molecule has 29 heavy (non-hydrogen) atoms. The zero-order valence-corrected chi connectivity index (χ0v) is 18.9. The van der Waals surface area contributed by atoms with Crippen molar-refractivity contribution in [1.82, 2.24) is 10.2 Å². The van der Waals surface area contributed by atoms with Crippen LogP contribution in [-0.4, -0.2) is 31.1 Å². The lowest BCUT2D eigenvalue weighted by molar-refractivity contribution is 0.261. The Balaban J connectivity index is 1.63. The lowest BCUT2D eigenvalue weighted by atomic mass is 10.2. The summed E-state index contributed by atoms with van der Waals surface area (Å²) in [5.74, 6) is 0.895. The molecule has 0 fully saturated rings. The van der Waals surface area contributed by atoms with Crippen LogP contribution in [0.25, 0.3) is 0 Å². The van der Waals surface area contributed by atoms with Gasteiger partial charge in [-0.3, -0.25) is 0 Å². The van der Waals surface area contributed by atoms with Crippen molar-refractivity contribution < 1.29 is 4.74 Å². The Kier molecular flexibility index (Phi) is 11.8. The zero-order valence-electron chi connectivity index (χ0n) is 18.1. The second-order valence-corrected chi connectivity index (χ2v) is 8.07. The third-order valence-electron chi connectivity index (χ3n) is 5.05. The van der Waals surface area contributed by atoms with Gasteiger partial charge in [0.25, 0.3) is 0 Å². The van der Waals surface area contributed by atoms with Crippen LogP contribution < -0.4 is 10.1 Å². The number of hydrogen-bond donors (Lipinski definition) is 1. The van der Waals surface area contributed by atoms with Crippen molar-refractivity contribution in [1.29, 1.82) is 0 Å². The maximum Gasteiger partial charge on any atom is 0.119 e. The van der Waals surface area contributed by atoms with E-state index >= 15 is 0 Å². The van der Waals surface area contributed by atoms with Crippen molar-refractivity contribution in [2.24, 2.45) is 0 Å². The third-order valence-corrected chi connectivity index (χ3v) is 5.31. The molecular weight excluding hydrogens is 380 g/mol. The van der Waals surface area contributed by atoms with E-state index in [2.05, 4.69) is 36.2 Å². The fraction of sp³-hybridized carbons (Fsp3) is 0.520. The molecule has 2 rings (SSSR count). The van der Waals surface area contributed by atoms with Crippen LogP contribution in [0.3, 0.4) is 0 Å². The molecule has 0 atom stereocenters. The molecule has 0 amide bonds. The van der Waals surface area contributed by atoms with E-state index in [-0.39, 0.29) is 0 Å². The Labute approximate surface area is 182 Å². The normalized spacial score (nSPS) is 11.2. The maximum atomic E-state index is 5.91. The van der Waals surface area contributed by atoms with E-state index in [1.807, 2.05) is 36.4 Å². The van der Waals surface area contributed by atoms with Crippen molar-refractivity contribution in [2.45, 2.75) is 59.1 Å². The topological polar surface area (TPSA) is 24.5 Å². The van der Waals surface area contributed by atoms with Gasteiger partial charge in [0.2, 0.25) is 0 Å². The van der Waals surface area contributed by atoms with Gasteiger partial charge in [-0.2, -0.15) is 0 Å². The minimum absolute atomic E-state index is 0.557. The lowest BCUT2D eigenvalue weighted by Gasteiger charge is -2.22. The summed E-state index contributed by atoms with van der Waals surface area (Å²) in [4.78, 5) is 2.63. The fourth-order valence-corrected chi connectivity index (χ4v) is 3.34. The largest absolute Gasteiger partial charge is 0.489 e. The number of ether oxygens (including phenoxy) is 1. The predicted octanol–water partition coefficient (Wildman–Crippen LogP) is 6.30. The van der Waals surface area contributed by atoms with E-state index < -0.39 is 0 Å². The van der Waals surface area contributed by atoms with E-state index in [1.54, 1.807) is 0 Å². The summed E-state index contributed by atoms with van der Waals surface area (Å²) in [6.07, 6.45) is 6.38. The molecule has 0 saturated heterocycles. The first-order chi connectivity index (χ1) is 14.2. The summed E-state index contributed by atoms with van der Waals surface area (Å²) in [7, 11) is 0. The standard InChI is InChI=1S/C25H37ClN2O/c1-3-5-17-28(18-6-4-2)19-7-16-27-20-22-10-14-25(15-11-22)29-21-23-8-12-24(26)13-9-23/h8-15,27H,3-7,16-21H2,1-2H3. The van der Waals surface area contributed by atoms with Gasteiger partial charge in [-0.25, -0.2) is 0 Å². The summed E-state index contributed by atoms with van der Waals surface area (Å²) in [5, 5.41) is 4.32. The Morgan fingerprint density at radius 2 is 1.38 bits per heavy atom. The van der Waals surface area contributed by atoms with Gasteiger partial charge < -0.3 is 15.0 Å². The Morgan fingerprint density at radius 3 is 2.00 bits per heavy atom. The summed E-state index contributed by atoms with van der Waals surface area (Å²) in [6.45, 7) is 10.7. The molecule has 1 N–H and O–H groups in total. The predicted molar refractivity (Wildman–Crippen MR) is 125 cm³/mol. The first-order valence-corrected chi connectivity index (χ1v) is 11.5. The van der Waals surface area contributed by atoms with Crippen molar-refractivity contribution in [3.63, 3.8) is 0 Å². The molecular formula is C25H37ClN2O. The van der Waals surface area contributed by atoms with E-state index in [0.29, 0.717) is 6.61 Å². The zero-order chi connectivity index (χ0) is 20.7. The van der Waals surface area contributed by atoms with Crippen LogP contribution in [0, 0.1) is 0 Å². The van der Waals surface area contributed by atoms with Gasteiger partial charge in [-0.1, -0.05) is 62.6 Å². The molecule has 160 valence electrons. The summed E-state index contributed by atoms with van der Waals surface area (Å²) in [6, 6.07) is 16.1. The number of halogens is 1. The minimum Gasteiger partial charge on any atom is -0.489 e. The third kappa shape index (κ3) is 10.2. The Hall–Kier alpha value is -1.55. The highest BCUT2D eigenvalue weighted by Crippen LogP contribution is 2.15. The van der Waals surface area contributed by atoms with Crippen molar-refractivity contribution in [3.8, 4) is 5.75 Å². The first kappa shape index (κ1) is 23.7. The molecule has 0 saturated carbocycles. The summed E-state index contributed by atoms with van der Waals surface area (Å²) in [5.41, 5.74) is 2.41. The first-order valence-electron chi connectivity index (χ1n) is 11.1. The minimum atomic E-state index is 0.557. The molecule has 0 aliphatic carbocycles. The van der Waals surface area contributed by atoms with Gasteiger partial charge >= 0.3 is 0 Å². The Bertz CT molecular complexity index is 650. The quantitative estimate of drug-likeness (QED) is 0.345. The van der Waals surface area contributed by atoms with Crippen LogP contribution in [0.15, 0.2) is 48.5 Å². The van der Waals surface area contributed by atoms with Gasteiger partial charge in [-0.15, -0.1) is 0 Å². The smallest absolute Gasteiger partial charge is 0.119 e. The number of benzene rings is 2. The fourth-order valence-electron chi connectivity index (χ4n) is 3.21. The van der Waals surface area contributed by atoms with Crippen molar-refractivity contribution in [2.75, 3.05) is 26.2 Å². The second-order valence-electron chi connectivity index (χ2n) is 7.64. The molecule has 2 aromatic rings. The summed E-state index contributed by atoms with van der Waals surface area (Å²) >= 11 is 5.91. The molecule has 0 aromatic heterocycles. The Morgan fingerprint density at radius 1 is 0.793 bits per heavy atom. The van der Waals surface area contributed by atoms with Crippen LogP contribution in [0.4, 0.5) is 0 Å². The second kappa shape index (κ2) is 14.4. The number of unbranched alkanes of at least 4 members (excludes halogenated alkanes) is 2. The molecule has 0 unspecified atom stereocenters. The highest BCUT2D eigenvalue weighted by molar-refractivity contribution is 6.30. The number of nitrogens with zero attached hydrogens (tertiary/aromatic N) is 1. The maximum absolute atomic E-state index is 5.91. The number of hydrogen-bond acceptors (Lipinski definition) is 3. The van der Waals surface area contributed by atoms with E-state index in [0.717, 1.165) is 29.4 Å². The lowest BCUT2D eigenvalue weighted by Crippen LogP contribution is -2.29.